The summed E-state index contributed by atoms with van der Waals surface area (Å²) in [5.74, 6) is -0.874. The zero-order chi connectivity index (χ0) is 44.3. The second-order valence-electron chi connectivity index (χ2n) is 18.2. The minimum absolute atomic E-state index is 0.0355. The molecule has 0 N–H and O–H groups in total. The fraction of sp³-hybridized carbons (Fsp3) is 0.880. The number of allylic oxidation sites excluding steroid dienone is 4. The van der Waals surface area contributed by atoms with Gasteiger partial charge in [-0.25, -0.2) is 0 Å². The average molecular weight is 870 g/mol. The van der Waals surface area contributed by atoms with Crippen molar-refractivity contribution in [3.63, 3.8) is 0 Å². The number of unbranched alkanes of at least 4 members (excludes halogenated alkanes) is 28. The standard InChI is InChI=1S/C50H96NO8P/c1-6-8-10-12-14-16-18-20-21-22-23-24-25-26-27-28-29-31-33-35-37-39-41-43-50(53)59-48(47-58-60(54,55)57-45-44-51(3,4)5)46-56-49(52)42-40-38-36-34-32-30-19-17-15-13-11-9-7-2/h28-29,35,37,48H,6-27,30-34,36,38-47H2,1-5H3/b29-28+,37-35+/t48-/m1/s1. The number of quaternary nitrogens is 1. The topological polar surface area (TPSA) is 111 Å². The van der Waals surface area contributed by atoms with Crippen molar-refractivity contribution >= 4 is 19.8 Å². The first kappa shape index (κ1) is 58.5. The number of phosphoric acid groups is 1. The van der Waals surface area contributed by atoms with Crippen LogP contribution in [0.1, 0.15) is 232 Å². The molecule has 60 heavy (non-hydrogen) atoms. The molecule has 0 heterocycles. The number of carbonyl (C=O) groups is 2. The fourth-order valence-electron chi connectivity index (χ4n) is 7.03. The van der Waals surface area contributed by atoms with Gasteiger partial charge in [-0.15, -0.1) is 0 Å². The molecule has 0 amide bonds. The van der Waals surface area contributed by atoms with Gasteiger partial charge < -0.3 is 27.9 Å². The Bertz CT molecular complexity index is 1070. The number of carbonyl (C=O) groups excluding carboxylic acids is 2. The van der Waals surface area contributed by atoms with Gasteiger partial charge in [0.2, 0.25) is 0 Å². The third kappa shape index (κ3) is 46.0. The van der Waals surface area contributed by atoms with Crippen LogP contribution in [0, 0.1) is 0 Å². The molecular formula is C50H96NO8P. The molecule has 354 valence electrons. The molecule has 0 rings (SSSR count). The van der Waals surface area contributed by atoms with E-state index in [1.165, 1.54) is 154 Å². The number of rotatable bonds is 46. The number of phosphoric ester groups is 1. The van der Waals surface area contributed by atoms with E-state index < -0.39 is 32.5 Å². The summed E-state index contributed by atoms with van der Waals surface area (Å²) in [4.78, 5) is 37.6. The van der Waals surface area contributed by atoms with E-state index in [9.17, 15) is 19.0 Å². The summed E-state index contributed by atoms with van der Waals surface area (Å²) in [7, 11) is 1.15. The van der Waals surface area contributed by atoms with Crippen LogP contribution in [-0.4, -0.2) is 70.0 Å². The Balaban J connectivity index is 4.27. The second kappa shape index (κ2) is 42.8. The monoisotopic (exact) mass is 870 g/mol. The van der Waals surface area contributed by atoms with Crippen LogP contribution in [0.3, 0.4) is 0 Å². The van der Waals surface area contributed by atoms with Crippen molar-refractivity contribution in [1.29, 1.82) is 0 Å². The maximum atomic E-state index is 12.7. The zero-order valence-corrected chi connectivity index (χ0v) is 40.8. The van der Waals surface area contributed by atoms with Gasteiger partial charge in [0.05, 0.1) is 27.7 Å². The molecule has 0 aromatic rings. The van der Waals surface area contributed by atoms with Gasteiger partial charge in [0, 0.05) is 12.8 Å². The number of hydrogen-bond donors (Lipinski definition) is 0. The summed E-state index contributed by atoms with van der Waals surface area (Å²) in [5, 5.41) is 0. The molecule has 9 nitrogen and oxygen atoms in total. The zero-order valence-electron chi connectivity index (χ0n) is 39.9. The Morgan fingerprint density at radius 3 is 1.33 bits per heavy atom. The predicted octanol–water partition coefficient (Wildman–Crippen LogP) is 14.1. The Kier molecular flexibility index (Phi) is 41.7. The minimum Gasteiger partial charge on any atom is -0.756 e. The smallest absolute Gasteiger partial charge is 0.306 e. The van der Waals surface area contributed by atoms with Crippen molar-refractivity contribution in [3.8, 4) is 0 Å². The van der Waals surface area contributed by atoms with Crippen molar-refractivity contribution in [3.05, 3.63) is 24.3 Å². The van der Waals surface area contributed by atoms with Crippen LogP contribution in [0.25, 0.3) is 0 Å². The molecule has 2 atom stereocenters. The van der Waals surface area contributed by atoms with E-state index >= 15 is 0 Å². The summed E-state index contributed by atoms with van der Waals surface area (Å²) in [5.41, 5.74) is 0. The van der Waals surface area contributed by atoms with Gasteiger partial charge in [0.1, 0.15) is 19.8 Å². The highest BCUT2D eigenvalue weighted by Gasteiger charge is 2.21. The van der Waals surface area contributed by atoms with Crippen LogP contribution in [0.2, 0.25) is 0 Å². The molecule has 0 bridgehead atoms. The van der Waals surface area contributed by atoms with Gasteiger partial charge in [0.15, 0.2) is 6.10 Å². The van der Waals surface area contributed by atoms with Gasteiger partial charge in [-0.3, -0.25) is 14.2 Å². The Hall–Kier alpha value is -1.51. The Morgan fingerprint density at radius 1 is 0.500 bits per heavy atom. The lowest BCUT2D eigenvalue weighted by atomic mass is 10.0. The molecule has 0 fully saturated rings. The third-order valence-corrected chi connectivity index (χ3v) is 11.9. The first-order chi connectivity index (χ1) is 29.0. The molecular weight excluding hydrogens is 774 g/mol. The normalized spacial score (nSPS) is 13.6. The van der Waals surface area contributed by atoms with Crippen LogP contribution in [0.4, 0.5) is 0 Å². The summed E-state index contributed by atoms with van der Waals surface area (Å²) in [6.07, 6.45) is 48.0. The van der Waals surface area contributed by atoms with E-state index in [4.69, 9.17) is 18.5 Å². The molecule has 0 aromatic carbocycles. The lowest BCUT2D eigenvalue weighted by molar-refractivity contribution is -0.870. The van der Waals surface area contributed by atoms with E-state index in [0.29, 0.717) is 17.4 Å². The van der Waals surface area contributed by atoms with Gasteiger partial charge in [-0.05, 0) is 44.9 Å². The number of esters is 2. The number of nitrogens with zero attached hydrogens (tertiary/aromatic N) is 1. The van der Waals surface area contributed by atoms with Crippen molar-refractivity contribution in [2.45, 2.75) is 238 Å². The Labute approximate surface area is 370 Å². The molecule has 1 unspecified atom stereocenters. The highest BCUT2D eigenvalue weighted by atomic mass is 31.2. The molecule has 0 spiro atoms. The molecule has 0 saturated carbocycles. The average Bonchev–Trinajstić information content (AvgIpc) is 3.20. The number of hydrogen-bond acceptors (Lipinski definition) is 8. The number of likely N-dealkylation sites (N-methyl/N-ethyl adjacent to an activating group) is 1. The van der Waals surface area contributed by atoms with Crippen molar-refractivity contribution in [2.24, 2.45) is 0 Å². The lowest BCUT2D eigenvalue weighted by Gasteiger charge is -2.28. The fourth-order valence-corrected chi connectivity index (χ4v) is 7.76. The van der Waals surface area contributed by atoms with E-state index in [2.05, 4.69) is 38.2 Å². The van der Waals surface area contributed by atoms with Crippen LogP contribution in [0.15, 0.2) is 24.3 Å². The summed E-state index contributed by atoms with van der Waals surface area (Å²) in [6.45, 7) is 4.22. The van der Waals surface area contributed by atoms with E-state index in [1.54, 1.807) is 0 Å². The third-order valence-electron chi connectivity index (χ3n) is 11.0. The maximum absolute atomic E-state index is 12.7. The van der Waals surface area contributed by atoms with Crippen LogP contribution >= 0.6 is 7.82 Å². The van der Waals surface area contributed by atoms with Gasteiger partial charge in [-0.1, -0.05) is 199 Å². The van der Waals surface area contributed by atoms with Crippen LogP contribution < -0.4 is 4.89 Å². The second-order valence-corrected chi connectivity index (χ2v) is 19.6. The summed E-state index contributed by atoms with van der Waals surface area (Å²) in [6, 6.07) is 0. The van der Waals surface area contributed by atoms with Gasteiger partial charge in [-0.2, -0.15) is 0 Å². The number of ether oxygens (including phenoxy) is 2. The van der Waals surface area contributed by atoms with E-state index in [-0.39, 0.29) is 26.1 Å². The molecule has 0 aliphatic heterocycles. The van der Waals surface area contributed by atoms with E-state index in [0.717, 1.165) is 44.9 Å². The lowest BCUT2D eigenvalue weighted by Crippen LogP contribution is -2.37. The van der Waals surface area contributed by atoms with Crippen molar-refractivity contribution in [2.75, 3.05) is 47.5 Å². The molecule has 0 radical (unpaired) electrons. The molecule has 10 heteroatoms. The maximum Gasteiger partial charge on any atom is 0.306 e. The molecule has 0 aliphatic carbocycles. The Morgan fingerprint density at radius 2 is 0.883 bits per heavy atom. The summed E-state index contributed by atoms with van der Waals surface area (Å²) >= 11 is 0. The SMILES string of the molecule is CCCCCCCCCCCCCCCC/C=C/CC/C=C/CCCC(=O)O[C@H](COC(=O)CCCCCCCCCCCCCCC)COP(=O)([O-])OCC[N+](C)(C)C. The highest BCUT2D eigenvalue weighted by Crippen LogP contribution is 2.38. The van der Waals surface area contributed by atoms with Crippen molar-refractivity contribution < 1.29 is 42.1 Å². The van der Waals surface area contributed by atoms with Crippen LogP contribution in [-0.2, 0) is 32.7 Å². The molecule has 0 aliphatic rings. The first-order valence-electron chi connectivity index (χ1n) is 25.0. The predicted molar refractivity (Wildman–Crippen MR) is 250 cm³/mol. The van der Waals surface area contributed by atoms with Gasteiger partial charge in [0.25, 0.3) is 7.82 Å². The van der Waals surface area contributed by atoms with E-state index in [1.807, 2.05) is 21.1 Å². The van der Waals surface area contributed by atoms with Gasteiger partial charge >= 0.3 is 11.9 Å². The van der Waals surface area contributed by atoms with Crippen molar-refractivity contribution in [1.82, 2.24) is 0 Å². The van der Waals surface area contributed by atoms with Crippen LogP contribution in [0.5, 0.6) is 0 Å². The quantitative estimate of drug-likeness (QED) is 0.0195. The summed E-state index contributed by atoms with van der Waals surface area (Å²) < 4.78 is 33.9. The minimum atomic E-state index is -4.63. The molecule has 0 saturated heterocycles. The molecule has 0 aromatic heterocycles. The largest absolute Gasteiger partial charge is 0.756 e. The highest BCUT2D eigenvalue weighted by molar-refractivity contribution is 7.45. The first-order valence-corrected chi connectivity index (χ1v) is 26.5.